The lowest BCUT2D eigenvalue weighted by Gasteiger charge is -2.38. The third-order valence-corrected chi connectivity index (χ3v) is 4.94. The van der Waals surface area contributed by atoms with Gasteiger partial charge in [0.15, 0.2) is 0 Å². The van der Waals surface area contributed by atoms with Gasteiger partial charge in [-0.3, -0.25) is 9.59 Å². The standard InChI is InChI=1S/C18H25N3O3.ClH/c1-13-11-15(5-6-19-13)18(24)21-9-7-20(8-10-21)17(23)14-3-2-4-16(22)12-14;/h2-4,12-13,15,19,22H,5-11H2,1H3;1H/t13-,15-;/m0./s1. The zero-order valence-electron chi connectivity index (χ0n) is 14.5. The highest BCUT2D eigenvalue weighted by atomic mass is 35.5. The summed E-state index contributed by atoms with van der Waals surface area (Å²) in [5.41, 5.74) is 0.488. The van der Waals surface area contributed by atoms with Crippen LogP contribution in [-0.2, 0) is 4.79 Å². The topological polar surface area (TPSA) is 72.9 Å². The summed E-state index contributed by atoms with van der Waals surface area (Å²) in [5.74, 6) is 0.338. The molecule has 2 atom stereocenters. The van der Waals surface area contributed by atoms with Crippen molar-refractivity contribution in [2.75, 3.05) is 32.7 Å². The second-order valence-electron chi connectivity index (χ2n) is 6.74. The van der Waals surface area contributed by atoms with Crippen molar-refractivity contribution in [3.8, 4) is 5.75 Å². The van der Waals surface area contributed by atoms with E-state index < -0.39 is 0 Å². The van der Waals surface area contributed by atoms with Crippen LogP contribution >= 0.6 is 12.4 Å². The van der Waals surface area contributed by atoms with Gasteiger partial charge < -0.3 is 20.2 Å². The van der Waals surface area contributed by atoms with Crippen LogP contribution in [0.3, 0.4) is 0 Å². The maximum Gasteiger partial charge on any atom is 0.254 e. The van der Waals surface area contributed by atoms with Gasteiger partial charge in [0.25, 0.3) is 5.91 Å². The molecule has 0 aromatic heterocycles. The van der Waals surface area contributed by atoms with Crippen LogP contribution in [0.5, 0.6) is 5.75 Å². The van der Waals surface area contributed by atoms with E-state index in [9.17, 15) is 14.7 Å². The molecule has 2 heterocycles. The van der Waals surface area contributed by atoms with Gasteiger partial charge in [0.05, 0.1) is 0 Å². The Kier molecular flexibility index (Phi) is 6.67. The number of carbonyl (C=O) groups excluding carboxylic acids is 2. The highest BCUT2D eigenvalue weighted by Gasteiger charge is 2.31. The summed E-state index contributed by atoms with van der Waals surface area (Å²) in [6.45, 7) is 5.27. The molecular formula is C18H26ClN3O3. The molecule has 0 bridgehead atoms. The quantitative estimate of drug-likeness (QED) is 0.830. The molecule has 1 aromatic carbocycles. The second-order valence-corrected chi connectivity index (χ2v) is 6.74. The zero-order chi connectivity index (χ0) is 17.1. The predicted molar refractivity (Wildman–Crippen MR) is 98.0 cm³/mol. The SMILES string of the molecule is C[C@H]1C[C@@H](C(=O)N2CCN(C(=O)c3cccc(O)c3)CC2)CCN1.Cl. The fourth-order valence-corrected chi connectivity index (χ4v) is 3.57. The first-order valence-electron chi connectivity index (χ1n) is 8.65. The third kappa shape index (κ3) is 4.64. The monoisotopic (exact) mass is 367 g/mol. The molecule has 1 aromatic rings. The molecule has 3 rings (SSSR count). The minimum absolute atomic E-state index is 0. The van der Waals surface area contributed by atoms with E-state index in [2.05, 4.69) is 12.2 Å². The van der Waals surface area contributed by atoms with E-state index in [4.69, 9.17) is 0 Å². The van der Waals surface area contributed by atoms with Crippen molar-refractivity contribution in [1.82, 2.24) is 15.1 Å². The Morgan fingerprint density at radius 2 is 1.84 bits per heavy atom. The lowest BCUT2D eigenvalue weighted by molar-refractivity contribution is -0.138. The van der Waals surface area contributed by atoms with Crippen LogP contribution in [0.2, 0.25) is 0 Å². The van der Waals surface area contributed by atoms with Crippen LogP contribution in [-0.4, -0.2) is 65.5 Å². The summed E-state index contributed by atoms with van der Waals surface area (Å²) in [7, 11) is 0. The molecule has 2 fully saturated rings. The fourth-order valence-electron chi connectivity index (χ4n) is 3.57. The molecule has 6 nitrogen and oxygen atoms in total. The van der Waals surface area contributed by atoms with Gasteiger partial charge in [0, 0.05) is 43.7 Å². The molecular weight excluding hydrogens is 342 g/mol. The largest absolute Gasteiger partial charge is 0.508 e. The Hall–Kier alpha value is -1.79. The molecule has 2 N–H and O–H groups in total. The smallest absolute Gasteiger partial charge is 0.254 e. The number of nitrogens with one attached hydrogen (secondary N) is 1. The molecule has 0 radical (unpaired) electrons. The number of benzene rings is 1. The van der Waals surface area contributed by atoms with E-state index in [1.54, 1.807) is 23.1 Å². The normalized spacial score (nSPS) is 23.7. The first-order valence-corrected chi connectivity index (χ1v) is 8.65. The Morgan fingerprint density at radius 3 is 2.48 bits per heavy atom. The van der Waals surface area contributed by atoms with E-state index in [1.807, 2.05) is 4.90 Å². The Bertz CT molecular complexity index is 617. The van der Waals surface area contributed by atoms with Gasteiger partial charge >= 0.3 is 0 Å². The van der Waals surface area contributed by atoms with Crippen LogP contribution in [0.4, 0.5) is 0 Å². The summed E-state index contributed by atoms with van der Waals surface area (Å²) in [4.78, 5) is 28.8. The summed E-state index contributed by atoms with van der Waals surface area (Å²) < 4.78 is 0. The molecule has 0 spiro atoms. The Balaban J connectivity index is 0.00000225. The molecule has 138 valence electrons. The van der Waals surface area contributed by atoms with Crippen LogP contribution in [0, 0.1) is 5.92 Å². The molecule has 0 unspecified atom stereocenters. The average molecular weight is 368 g/mol. The number of nitrogens with zero attached hydrogens (tertiary/aromatic N) is 2. The fraction of sp³-hybridized carbons (Fsp3) is 0.556. The van der Waals surface area contributed by atoms with E-state index in [-0.39, 0.29) is 35.9 Å². The summed E-state index contributed by atoms with van der Waals surface area (Å²) >= 11 is 0. The van der Waals surface area contributed by atoms with E-state index in [1.165, 1.54) is 6.07 Å². The number of amides is 2. The lowest BCUT2D eigenvalue weighted by Crippen LogP contribution is -2.53. The number of piperidine rings is 1. The minimum atomic E-state index is -0.0894. The summed E-state index contributed by atoms with van der Waals surface area (Å²) in [6, 6.07) is 6.79. The first kappa shape index (κ1) is 19.5. The highest BCUT2D eigenvalue weighted by molar-refractivity contribution is 5.94. The number of phenolic OH excluding ortho intramolecular Hbond substituents is 1. The van der Waals surface area contributed by atoms with Crippen molar-refractivity contribution < 1.29 is 14.7 Å². The van der Waals surface area contributed by atoms with Crippen molar-refractivity contribution in [3.05, 3.63) is 29.8 Å². The maximum absolute atomic E-state index is 12.7. The van der Waals surface area contributed by atoms with Crippen LogP contribution in [0.15, 0.2) is 24.3 Å². The van der Waals surface area contributed by atoms with Gasteiger partial charge in [-0.2, -0.15) is 0 Å². The van der Waals surface area contributed by atoms with Crippen molar-refractivity contribution in [2.45, 2.75) is 25.8 Å². The summed E-state index contributed by atoms with van der Waals surface area (Å²) in [5, 5.41) is 12.9. The number of aromatic hydroxyl groups is 1. The van der Waals surface area contributed by atoms with E-state index in [0.29, 0.717) is 37.8 Å². The van der Waals surface area contributed by atoms with Crippen LogP contribution in [0.1, 0.15) is 30.1 Å². The molecule has 2 saturated heterocycles. The number of phenols is 1. The van der Waals surface area contributed by atoms with E-state index in [0.717, 1.165) is 19.4 Å². The first-order chi connectivity index (χ1) is 11.5. The predicted octanol–water partition coefficient (Wildman–Crippen LogP) is 1.49. The lowest BCUT2D eigenvalue weighted by atomic mass is 9.92. The van der Waals surface area contributed by atoms with Crippen molar-refractivity contribution in [3.63, 3.8) is 0 Å². The molecule has 0 saturated carbocycles. The van der Waals surface area contributed by atoms with Crippen molar-refractivity contribution in [1.29, 1.82) is 0 Å². The molecule has 2 amide bonds. The van der Waals surface area contributed by atoms with Crippen LogP contribution in [0.25, 0.3) is 0 Å². The Labute approximate surface area is 154 Å². The third-order valence-electron chi connectivity index (χ3n) is 4.94. The molecule has 2 aliphatic rings. The number of rotatable bonds is 2. The number of halogens is 1. The average Bonchev–Trinajstić information content (AvgIpc) is 2.60. The van der Waals surface area contributed by atoms with Gasteiger partial charge in [0.1, 0.15) is 5.75 Å². The van der Waals surface area contributed by atoms with Gasteiger partial charge in [0.2, 0.25) is 5.91 Å². The van der Waals surface area contributed by atoms with Gasteiger partial charge in [-0.1, -0.05) is 6.07 Å². The van der Waals surface area contributed by atoms with Gasteiger partial charge in [-0.15, -0.1) is 12.4 Å². The molecule has 0 aliphatic carbocycles. The van der Waals surface area contributed by atoms with Crippen molar-refractivity contribution in [2.24, 2.45) is 5.92 Å². The molecule has 7 heteroatoms. The molecule has 2 aliphatic heterocycles. The Morgan fingerprint density at radius 1 is 1.16 bits per heavy atom. The number of piperazine rings is 1. The highest BCUT2D eigenvalue weighted by Crippen LogP contribution is 2.20. The maximum atomic E-state index is 12.7. The second kappa shape index (κ2) is 8.54. The van der Waals surface area contributed by atoms with Crippen molar-refractivity contribution >= 4 is 24.2 Å². The van der Waals surface area contributed by atoms with Gasteiger partial charge in [-0.25, -0.2) is 0 Å². The summed E-state index contributed by atoms with van der Waals surface area (Å²) in [6.07, 6.45) is 1.78. The number of carbonyl (C=O) groups is 2. The van der Waals surface area contributed by atoms with E-state index >= 15 is 0 Å². The number of hydrogen-bond donors (Lipinski definition) is 2. The molecule has 25 heavy (non-hydrogen) atoms. The van der Waals surface area contributed by atoms with Crippen LogP contribution < -0.4 is 5.32 Å². The minimum Gasteiger partial charge on any atom is -0.508 e. The number of hydrogen-bond acceptors (Lipinski definition) is 4. The zero-order valence-corrected chi connectivity index (χ0v) is 15.3. The van der Waals surface area contributed by atoms with Gasteiger partial charge in [-0.05, 0) is 44.5 Å².